The highest BCUT2D eigenvalue weighted by Gasteiger charge is 2.04. The molecule has 1 aromatic carbocycles. The first kappa shape index (κ1) is 13.8. The van der Waals surface area contributed by atoms with Gasteiger partial charge in [0.1, 0.15) is 0 Å². The number of benzene rings is 1. The van der Waals surface area contributed by atoms with Crippen LogP contribution in [0.4, 0.5) is 0 Å². The largest absolute Gasteiger partial charge is 0.351 e. The van der Waals surface area contributed by atoms with Gasteiger partial charge >= 0.3 is 0 Å². The van der Waals surface area contributed by atoms with E-state index in [4.69, 9.17) is 0 Å². The van der Waals surface area contributed by atoms with Crippen LogP contribution < -0.4 is 5.32 Å². The van der Waals surface area contributed by atoms with E-state index in [1.165, 1.54) is 0 Å². The van der Waals surface area contributed by atoms with Crippen LogP contribution in [0, 0.1) is 0 Å². The molecule has 1 heterocycles. The van der Waals surface area contributed by atoms with Crippen molar-refractivity contribution in [2.24, 2.45) is 0 Å². The molecule has 0 radical (unpaired) electrons. The molecule has 1 amide bonds. The van der Waals surface area contributed by atoms with Crippen molar-refractivity contribution in [2.75, 3.05) is 0 Å². The minimum atomic E-state index is 0.0434. The first-order chi connectivity index (χ1) is 8.63. The number of nitrogens with one attached hydrogen (secondary N) is 1. The van der Waals surface area contributed by atoms with Crippen molar-refractivity contribution in [1.82, 2.24) is 5.32 Å². The number of carbonyl (C=O) groups is 1. The molecule has 2 aromatic rings. The second kappa shape index (κ2) is 6.50. The molecule has 0 fully saturated rings. The molecular weight excluding hydrogens is 378 g/mol. The zero-order valence-electron chi connectivity index (χ0n) is 9.45. The van der Waals surface area contributed by atoms with Gasteiger partial charge in [0.2, 0.25) is 5.91 Å². The lowest BCUT2D eigenvalue weighted by molar-refractivity contribution is -0.120. The van der Waals surface area contributed by atoms with E-state index < -0.39 is 0 Å². The number of amides is 1. The fraction of sp³-hybridized carbons (Fsp3) is 0.154. The van der Waals surface area contributed by atoms with Crippen molar-refractivity contribution in [3.8, 4) is 0 Å². The molecule has 1 aromatic heterocycles. The maximum Gasteiger partial charge on any atom is 0.224 e. The highest BCUT2D eigenvalue weighted by atomic mass is 79.9. The Morgan fingerprint density at radius 1 is 1.17 bits per heavy atom. The molecule has 0 bridgehead atoms. The number of hydrogen-bond acceptors (Lipinski definition) is 2. The molecule has 2 rings (SSSR count). The Kier molecular flexibility index (Phi) is 4.97. The Morgan fingerprint density at radius 2 is 1.89 bits per heavy atom. The number of carbonyl (C=O) groups excluding carboxylic acids is 1. The number of thiophene rings is 1. The van der Waals surface area contributed by atoms with Gasteiger partial charge in [-0.25, -0.2) is 0 Å². The summed E-state index contributed by atoms with van der Waals surface area (Å²) in [4.78, 5) is 12.9. The second-order valence-electron chi connectivity index (χ2n) is 3.81. The van der Waals surface area contributed by atoms with Crippen LogP contribution in [0.15, 0.2) is 44.7 Å². The van der Waals surface area contributed by atoms with E-state index in [0.29, 0.717) is 13.0 Å². The van der Waals surface area contributed by atoms with E-state index in [1.54, 1.807) is 11.3 Å². The first-order valence-corrected chi connectivity index (χ1v) is 7.84. The molecule has 0 spiro atoms. The Bertz CT molecular complexity index is 536. The minimum Gasteiger partial charge on any atom is -0.351 e. The van der Waals surface area contributed by atoms with Gasteiger partial charge in [-0.15, -0.1) is 11.3 Å². The summed E-state index contributed by atoms with van der Waals surface area (Å²) in [6.07, 6.45) is 0.416. The molecule has 0 saturated heterocycles. The second-order valence-corrected chi connectivity index (χ2v) is 6.64. The van der Waals surface area contributed by atoms with E-state index in [1.807, 2.05) is 35.7 Å². The quantitative estimate of drug-likeness (QED) is 0.838. The van der Waals surface area contributed by atoms with Crippen molar-refractivity contribution in [3.05, 3.63) is 55.1 Å². The smallest absolute Gasteiger partial charge is 0.224 e. The predicted octanol–water partition coefficient (Wildman–Crippen LogP) is 4.13. The van der Waals surface area contributed by atoms with Crippen molar-refractivity contribution in [1.29, 1.82) is 0 Å². The fourth-order valence-electron chi connectivity index (χ4n) is 1.48. The lowest BCUT2D eigenvalue weighted by Gasteiger charge is -2.04. The van der Waals surface area contributed by atoms with Gasteiger partial charge in [-0.3, -0.25) is 4.79 Å². The molecule has 18 heavy (non-hydrogen) atoms. The summed E-state index contributed by atoms with van der Waals surface area (Å²) in [6.45, 7) is 0.589. The van der Waals surface area contributed by atoms with Crippen LogP contribution in [0.1, 0.15) is 10.4 Å². The molecule has 0 aliphatic rings. The van der Waals surface area contributed by atoms with E-state index in [0.717, 1.165) is 19.4 Å². The molecular formula is C13H11Br2NOS. The van der Waals surface area contributed by atoms with Crippen molar-refractivity contribution in [3.63, 3.8) is 0 Å². The molecule has 1 N–H and O–H groups in total. The van der Waals surface area contributed by atoms with E-state index in [2.05, 4.69) is 37.2 Å². The van der Waals surface area contributed by atoms with Crippen LogP contribution in [0.25, 0.3) is 0 Å². The third kappa shape index (κ3) is 4.23. The summed E-state index contributed by atoms with van der Waals surface area (Å²) < 4.78 is 2.08. The lowest BCUT2D eigenvalue weighted by Crippen LogP contribution is -2.24. The molecule has 0 aliphatic carbocycles. The monoisotopic (exact) mass is 387 g/mol. The maximum absolute atomic E-state index is 11.7. The van der Waals surface area contributed by atoms with Gasteiger partial charge in [-0.05, 0) is 39.7 Å². The molecule has 0 aliphatic heterocycles. The average molecular weight is 389 g/mol. The summed E-state index contributed by atoms with van der Waals surface area (Å²) in [6, 6.07) is 9.80. The third-order valence-electron chi connectivity index (χ3n) is 2.36. The van der Waals surface area contributed by atoms with Crippen LogP contribution in [0.5, 0.6) is 0 Å². The van der Waals surface area contributed by atoms with Gasteiger partial charge in [-0.1, -0.05) is 28.1 Å². The fourth-order valence-corrected chi connectivity index (χ4v) is 3.14. The van der Waals surface area contributed by atoms with Crippen LogP contribution in [-0.2, 0) is 17.8 Å². The van der Waals surface area contributed by atoms with Crippen LogP contribution in [0.2, 0.25) is 0 Å². The molecule has 94 valence electrons. The minimum absolute atomic E-state index is 0.0434. The highest BCUT2D eigenvalue weighted by molar-refractivity contribution is 9.10. The van der Waals surface area contributed by atoms with E-state index in [9.17, 15) is 4.79 Å². The SMILES string of the molecule is O=C(Cc1ccc(Br)cc1)NCc1cc(Br)cs1. The van der Waals surface area contributed by atoms with Crippen LogP contribution in [-0.4, -0.2) is 5.91 Å². The highest BCUT2D eigenvalue weighted by Crippen LogP contribution is 2.19. The van der Waals surface area contributed by atoms with Gasteiger partial charge in [0.25, 0.3) is 0 Å². The molecule has 5 heteroatoms. The van der Waals surface area contributed by atoms with Gasteiger partial charge in [-0.2, -0.15) is 0 Å². The lowest BCUT2D eigenvalue weighted by atomic mass is 10.1. The Balaban J connectivity index is 1.83. The maximum atomic E-state index is 11.7. The van der Waals surface area contributed by atoms with Crippen molar-refractivity contribution in [2.45, 2.75) is 13.0 Å². The van der Waals surface area contributed by atoms with Gasteiger partial charge in [0, 0.05) is 19.2 Å². The summed E-state index contributed by atoms with van der Waals surface area (Å²) >= 11 is 8.40. The standard InChI is InChI=1S/C13H11Br2NOS/c14-10-3-1-9(2-4-10)5-13(17)16-7-12-6-11(15)8-18-12/h1-4,6,8H,5,7H2,(H,16,17). The summed E-state index contributed by atoms with van der Waals surface area (Å²) in [5.74, 6) is 0.0434. The topological polar surface area (TPSA) is 29.1 Å². The zero-order valence-corrected chi connectivity index (χ0v) is 13.4. The van der Waals surface area contributed by atoms with Gasteiger partial charge in [0.15, 0.2) is 0 Å². The number of halogens is 2. The van der Waals surface area contributed by atoms with Crippen molar-refractivity contribution < 1.29 is 4.79 Å². The molecule has 0 atom stereocenters. The van der Waals surface area contributed by atoms with Crippen molar-refractivity contribution >= 4 is 49.1 Å². The van der Waals surface area contributed by atoms with E-state index >= 15 is 0 Å². The molecule has 0 unspecified atom stereocenters. The summed E-state index contributed by atoms with van der Waals surface area (Å²) in [5.41, 5.74) is 1.02. The Labute approximate surface area is 127 Å². The Hall–Kier alpha value is -0.650. The van der Waals surface area contributed by atoms with Crippen LogP contribution in [0.3, 0.4) is 0 Å². The molecule has 2 nitrogen and oxygen atoms in total. The van der Waals surface area contributed by atoms with E-state index in [-0.39, 0.29) is 5.91 Å². The first-order valence-electron chi connectivity index (χ1n) is 5.37. The van der Waals surface area contributed by atoms with Gasteiger partial charge in [0.05, 0.1) is 13.0 Å². The zero-order chi connectivity index (χ0) is 13.0. The Morgan fingerprint density at radius 3 is 2.50 bits per heavy atom. The average Bonchev–Trinajstić information content (AvgIpc) is 2.76. The molecule has 0 saturated carbocycles. The normalized spacial score (nSPS) is 10.3. The number of hydrogen-bond donors (Lipinski definition) is 1. The third-order valence-corrected chi connectivity index (χ3v) is 4.59. The van der Waals surface area contributed by atoms with Gasteiger partial charge < -0.3 is 5.32 Å². The summed E-state index contributed by atoms with van der Waals surface area (Å²) in [5, 5.41) is 4.92. The summed E-state index contributed by atoms with van der Waals surface area (Å²) in [7, 11) is 0. The predicted molar refractivity (Wildman–Crippen MR) is 81.7 cm³/mol. The number of rotatable bonds is 4. The van der Waals surface area contributed by atoms with Crippen LogP contribution >= 0.6 is 43.2 Å².